The highest BCUT2D eigenvalue weighted by Gasteiger charge is 2.19. The fraction of sp³-hybridized carbons (Fsp3) is 0.421. The Morgan fingerprint density at radius 2 is 1.92 bits per heavy atom. The minimum atomic E-state index is 0.275. The number of methoxy groups -OCH3 is 1. The Morgan fingerprint density at radius 1 is 1.16 bits per heavy atom. The molecule has 0 unspecified atom stereocenters. The van der Waals surface area contributed by atoms with Crippen LogP contribution in [0.5, 0.6) is 11.5 Å². The molecule has 0 radical (unpaired) electrons. The molecular formula is C19H22Cl2N2O2. The molecule has 0 aliphatic heterocycles. The number of aromatic nitrogens is 1. The Hall–Kier alpha value is -1.65. The highest BCUT2D eigenvalue weighted by atomic mass is 35.5. The molecule has 1 aliphatic rings. The number of halogens is 2. The van der Waals surface area contributed by atoms with E-state index in [-0.39, 0.29) is 6.10 Å². The van der Waals surface area contributed by atoms with Crippen molar-refractivity contribution in [2.75, 3.05) is 19.1 Å². The highest BCUT2D eigenvalue weighted by molar-refractivity contribution is 6.35. The van der Waals surface area contributed by atoms with E-state index in [0.29, 0.717) is 16.7 Å². The van der Waals surface area contributed by atoms with Gasteiger partial charge in [0.2, 0.25) is 0 Å². The normalized spacial score (nSPS) is 14.6. The van der Waals surface area contributed by atoms with E-state index >= 15 is 0 Å². The van der Waals surface area contributed by atoms with Crippen molar-refractivity contribution in [3.8, 4) is 11.5 Å². The van der Waals surface area contributed by atoms with Gasteiger partial charge in [-0.3, -0.25) is 0 Å². The Bertz CT molecular complexity index is 713. The van der Waals surface area contributed by atoms with E-state index in [9.17, 15) is 0 Å². The van der Waals surface area contributed by atoms with Crippen LogP contribution in [0.15, 0.2) is 30.5 Å². The Balaban J connectivity index is 1.81. The average molecular weight is 381 g/mol. The molecule has 1 heterocycles. The summed E-state index contributed by atoms with van der Waals surface area (Å²) in [6.45, 7) is 0.556. The highest BCUT2D eigenvalue weighted by Crippen LogP contribution is 2.35. The fourth-order valence-corrected chi connectivity index (χ4v) is 3.57. The summed E-state index contributed by atoms with van der Waals surface area (Å²) in [6.07, 6.45) is 6.54. The molecule has 0 amide bonds. The Labute approximate surface area is 158 Å². The summed E-state index contributed by atoms with van der Waals surface area (Å²) in [5, 5.41) is 1.04. The van der Waals surface area contributed by atoms with Gasteiger partial charge in [0.25, 0.3) is 0 Å². The van der Waals surface area contributed by atoms with Crippen LogP contribution in [0.1, 0.15) is 31.2 Å². The number of rotatable bonds is 6. The van der Waals surface area contributed by atoms with Crippen molar-refractivity contribution in [3.63, 3.8) is 0 Å². The van der Waals surface area contributed by atoms with Crippen molar-refractivity contribution in [2.24, 2.45) is 0 Å². The van der Waals surface area contributed by atoms with Gasteiger partial charge in [0.1, 0.15) is 5.15 Å². The van der Waals surface area contributed by atoms with Gasteiger partial charge >= 0.3 is 0 Å². The molecule has 3 rings (SSSR count). The number of anilines is 1. The zero-order valence-corrected chi connectivity index (χ0v) is 16.0. The van der Waals surface area contributed by atoms with Crippen molar-refractivity contribution in [1.29, 1.82) is 0 Å². The van der Waals surface area contributed by atoms with E-state index in [1.807, 2.05) is 25.2 Å². The van der Waals surface area contributed by atoms with Gasteiger partial charge < -0.3 is 14.4 Å². The van der Waals surface area contributed by atoms with Crippen LogP contribution in [0, 0.1) is 0 Å². The molecule has 1 saturated carbocycles. The van der Waals surface area contributed by atoms with E-state index < -0.39 is 0 Å². The number of hydrogen-bond donors (Lipinski definition) is 0. The zero-order valence-electron chi connectivity index (χ0n) is 14.5. The van der Waals surface area contributed by atoms with Crippen LogP contribution in [0.25, 0.3) is 0 Å². The summed E-state index contributed by atoms with van der Waals surface area (Å²) in [5.74, 6) is 1.53. The molecule has 0 atom stereocenters. The van der Waals surface area contributed by atoms with Gasteiger partial charge in [-0.25, -0.2) is 4.98 Å². The molecule has 4 nitrogen and oxygen atoms in total. The van der Waals surface area contributed by atoms with E-state index in [1.165, 1.54) is 12.8 Å². The number of nitrogens with zero attached hydrogens (tertiary/aromatic N) is 2. The number of benzene rings is 1. The van der Waals surface area contributed by atoms with Crippen LogP contribution < -0.4 is 14.4 Å². The maximum absolute atomic E-state index is 6.26. The topological polar surface area (TPSA) is 34.6 Å². The SMILES string of the molecule is COc1ccc(N(C)Cc2c(Cl)ccnc2Cl)cc1OC1CCCC1. The lowest BCUT2D eigenvalue weighted by Crippen LogP contribution is -2.18. The quantitative estimate of drug-likeness (QED) is 0.632. The van der Waals surface area contributed by atoms with E-state index in [4.69, 9.17) is 32.7 Å². The van der Waals surface area contributed by atoms with Crippen LogP contribution >= 0.6 is 23.2 Å². The molecule has 1 aliphatic carbocycles. The lowest BCUT2D eigenvalue weighted by atomic mass is 10.2. The second-order valence-corrected chi connectivity index (χ2v) is 7.04. The second kappa shape index (κ2) is 8.15. The van der Waals surface area contributed by atoms with Crippen molar-refractivity contribution >= 4 is 28.9 Å². The summed E-state index contributed by atoms with van der Waals surface area (Å²) in [7, 11) is 3.65. The average Bonchev–Trinajstić information content (AvgIpc) is 3.11. The maximum atomic E-state index is 6.26. The zero-order chi connectivity index (χ0) is 17.8. The summed E-state index contributed by atoms with van der Waals surface area (Å²) in [5.41, 5.74) is 1.81. The van der Waals surface area contributed by atoms with Gasteiger partial charge in [-0.15, -0.1) is 0 Å². The minimum Gasteiger partial charge on any atom is -0.493 e. The molecule has 134 valence electrons. The first kappa shape index (κ1) is 18.2. The predicted octanol–water partition coefficient (Wildman–Crippen LogP) is 5.35. The second-order valence-electron chi connectivity index (χ2n) is 6.28. The van der Waals surface area contributed by atoms with Gasteiger partial charge in [-0.2, -0.15) is 0 Å². The van der Waals surface area contributed by atoms with Crippen molar-refractivity contribution in [3.05, 3.63) is 46.2 Å². The molecular weight excluding hydrogens is 359 g/mol. The third kappa shape index (κ3) is 4.31. The summed E-state index contributed by atoms with van der Waals surface area (Å²) >= 11 is 12.4. The van der Waals surface area contributed by atoms with Gasteiger partial charge in [0.15, 0.2) is 11.5 Å². The lowest BCUT2D eigenvalue weighted by Gasteiger charge is -2.23. The molecule has 25 heavy (non-hydrogen) atoms. The molecule has 0 saturated heterocycles. The standard InChI is InChI=1S/C19H22Cl2N2O2/c1-23(12-15-16(20)9-10-22-19(15)21)13-7-8-17(24-2)18(11-13)25-14-5-3-4-6-14/h7-11,14H,3-6,12H2,1-2H3. The summed E-state index contributed by atoms with van der Waals surface area (Å²) < 4.78 is 11.6. The third-order valence-electron chi connectivity index (χ3n) is 4.53. The molecule has 0 spiro atoms. The molecule has 2 aromatic rings. The number of hydrogen-bond acceptors (Lipinski definition) is 4. The van der Waals surface area contributed by atoms with Crippen LogP contribution in [0.2, 0.25) is 10.2 Å². The van der Waals surface area contributed by atoms with Crippen molar-refractivity contribution in [2.45, 2.75) is 38.3 Å². The maximum Gasteiger partial charge on any atom is 0.163 e. The first-order chi connectivity index (χ1) is 12.1. The van der Waals surface area contributed by atoms with Gasteiger partial charge in [-0.1, -0.05) is 23.2 Å². The van der Waals surface area contributed by atoms with E-state index in [0.717, 1.165) is 35.6 Å². The van der Waals surface area contributed by atoms with Crippen LogP contribution in [0.4, 0.5) is 5.69 Å². The number of pyridine rings is 1. The summed E-state index contributed by atoms with van der Waals surface area (Å²) in [4.78, 5) is 6.17. The summed E-state index contributed by atoms with van der Waals surface area (Å²) in [6, 6.07) is 7.69. The van der Waals surface area contributed by atoms with Crippen LogP contribution in [0.3, 0.4) is 0 Å². The number of ether oxygens (including phenoxy) is 2. The molecule has 0 N–H and O–H groups in total. The van der Waals surface area contributed by atoms with Crippen LogP contribution in [-0.2, 0) is 6.54 Å². The molecule has 1 fully saturated rings. The predicted molar refractivity (Wildman–Crippen MR) is 102 cm³/mol. The van der Waals surface area contributed by atoms with Gasteiger partial charge in [0.05, 0.1) is 18.2 Å². The minimum absolute atomic E-state index is 0.275. The molecule has 0 bridgehead atoms. The fourth-order valence-electron chi connectivity index (χ4n) is 3.10. The van der Waals surface area contributed by atoms with Crippen molar-refractivity contribution in [1.82, 2.24) is 4.98 Å². The molecule has 1 aromatic carbocycles. The lowest BCUT2D eigenvalue weighted by molar-refractivity contribution is 0.201. The van der Waals surface area contributed by atoms with Gasteiger partial charge in [0, 0.05) is 37.1 Å². The van der Waals surface area contributed by atoms with E-state index in [2.05, 4.69) is 9.88 Å². The smallest absolute Gasteiger partial charge is 0.163 e. The molecule has 1 aromatic heterocycles. The third-order valence-corrected chi connectivity index (χ3v) is 5.20. The largest absolute Gasteiger partial charge is 0.493 e. The Morgan fingerprint density at radius 3 is 2.60 bits per heavy atom. The Kier molecular flexibility index (Phi) is 5.92. The van der Waals surface area contributed by atoms with Crippen molar-refractivity contribution < 1.29 is 9.47 Å². The van der Waals surface area contributed by atoms with Crippen LogP contribution in [-0.4, -0.2) is 25.2 Å². The molecule has 6 heteroatoms. The first-order valence-corrected chi connectivity index (χ1v) is 9.19. The first-order valence-electron chi connectivity index (χ1n) is 8.43. The van der Waals surface area contributed by atoms with E-state index in [1.54, 1.807) is 19.4 Å². The monoisotopic (exact) mass is 380 g/mol. The van der Waals surface area contributed by atoms with Gasteiger partial charge in [-0.05, 0) is 43.9 Å².